The number of halogens is 1. The Bertz CT molecular complexity index is 1340. The summed E-state index contributed by atoms with van der Waals surface area (Å²) in [5.74, 6) is -0.369. The first-order valence-electron chi connectivity index (χ1n) is 9.30. The summed E-state index contributed by atoms with van der Waals surface area (Å²) in [4.78, 5) is 23.4. The van der Waals surface area contributed by atoms with Crippen molar-refractivity contribution in [2.24, 2.45) is 5.10 Å². The minimum absolute atomic E-state index is 0.00803. The van der Waals surface area contributed by atoms with Crippen LogP contribution < -0.4 is 5.43 Å². The van der Waals surface area contributed by atoms with E-state index in [1.807, 2.05) is 44.2 Å². The van der Waals surface area contributed by atoms with Crippen molar-refractivity contribution >= 4 is 50.8 Å². The second kappa shape index (κ2) is 8.33. The number of carbonyl (C=O) groups excluding carboxylic acids is 1. The number of aryl methyl sites for hydroxylation is 1. The largest absolute Gasteiger partial charge is 0.318 e. The number of thiophene rings is 1. The van der Waals surface area contributed by atoms with Gasteiger partial charge in [-0.3, -0.25) is 14.9 Å². The van der Waals surface area contributed by atoms with Crippen LogP contribution in [0.2, 0.25) is 5.02 Å². The van der Waals surface area contributed by atoms with E-state index in [2.05, 4.69) is 15.1 Å². The van der Waals surface area contributed by atoms with Gasteiger partial charge in [0, 0.05) is 49.9 Å². The molecule has 31 heavy (non-hydrogen) atoms. The fourth-order valence-corrected chi connectivity index (χ4v) is 4.44. The molecule has 9 heteroatoms. The number of carbonyl (C=O) groups is 1. The van der Waals surface area contributed by atoms with E-state index in [0.29, 0.717) is 15.3 Å². The van der Waals surface area contributed by atoms with Crippen LogP contribution in [0.5, 0.6) is 0 Å². The molecule has 4 rings (SSSR count). The van der Waals surface area contributed by atoms with Gasteiger partial charge in [0.15, 0.2) is 0 Å². The number of nitro benzene ring substituents is 1. The van der Waals surface area contributed by atoms with Gasteiger partial charge in [-0.15, -0.1) is 11.3 Å². The molecule has 0 bridgehead atoms. The maximum absolute atomic E-state index is 12.5. The Hall–Kier alpha value is -3.49. The van der Waals surface area contributed by atoms with Crippen LogP contribution in [0.15, 0.2) is 59.7 Å². The van der Waals surface area contributed by atoms with Crippen LogP contribution in [0.25, 0.3) is 15.8 Å². The third-order valence-corrected chi connectivity index (χ3v) is 6.23. The van der Waals surface area contributed by atoms with E-state index in [1.165, 1.54) is 23.5 Å². The molecule has 1 amide bonds. The Balaban J connectivity index is 1.51. The number of hydrogen-bond acceptors (Lipinski definition) is 5. The molecule has 0 atom stereocenters. The SMILES string of the molecule is Cc1cc(C=NNC(=O)c2cc3cc([N+](=O)[O-])ccc3s2)c(C)n1-c1ccc(Cl)cc1. The lowest BCUT2D eigenvalue weighted by atomic mass is 10.2. The van der Waals surface area contributed by atoms with E-state index in [0.717, 1.165) is 27.3 Å². The molecule has 0 aliphatic rings. The van der Waals surface area contributed by atoms with Crippen molar-refractivity contribution in [1.29, 1.82) is 0 Å². The van der Waals surface area contributed by atoms with E-state index >= 15 is 0 Å². The average molecular weight is 453 g/mol. The van der Waals surface area contributed by atoms with Crippen LogP contribution in [0.4, 0.5) is 5.69 Å². The highest BCUT2D eigenvalue weighted by Crippen LogP contribution is 2.29. The van der Waals surface area contributed by atoms with Gasteiger partial charge in [-0.25, -0.2) is 5.43 Å². The van der Waals surface area contributed by atoms with Crippen molar-refractivity contribution in [3.63, 3.8) is 0 Å². The van der Waals surface area contributed by atoms with Crippen LogP contribution in [0, 0.1) is 24.0 Å². The summed E-state index contributed by atoms with van der Waals surface area (Å²) in [6.45, 7) is 3.97. The van der Waals surface area contributed by atoms with Gasteiger partial charge in [0.1, 0.15) is 0 Å². The first-order valence-corrected chi connectivity index (χ1v) is 10.5. The fraction of sp³-hybridized carbons (Fsp3) is 0.0909. The second-order valence-electron chi connectivity index (χ2n) is 6.93. The van der Waals surface area contributed by atoms with Gasteiger partial charge in [-0.1, -0.05) is 11.6 Å². The zero-order valence-corrected chi connectivity index (χ0v) is 18.2. The smallest absolute Gasteiger partial charge is 0.281 e. The number of hydrazone groups is 1. The van der Waals surface area contributed by atoms with Crippen molar-refractivity contribution in [3.8, 4) is 5.69 Å². The summed E-state index contributed by atoms with van der Waals surface area (Å²) in [5, 5.41) is 16.3. The summed E-state index contributed by atoms with van der Waals surface area (Å²) in [6, 6.07) is 15.7. The van der Waals surface area contributed by atoms with E-state index in [1.54, 1.807) is 18.3 Å². The molecule has 0 saturated heterocycles. The standard InChI is InChI=1S/C22H17ClN4O3S/c1-13-9-16(14(2)26(13)18-5-3-17(23)4-6-18)12-24-25-22(28)21-11-15-10-19(27(29)30)7-8-20(15)31-21/h3-12H,1-2H3,(H,25,28). The molecular weight excluding hydrogens is 436 g/mol. The van der Waals surface area contributed by atoms with Crippen LogP contribution in [-0.4, -0.2) is 21.6 Å². The van der Waals surface area contributed by atoms with Gasteiger partial charge in [0.25, 0.3) is 11.6 Å². The van der Waals surface area contributed by atoms with E-state index in [-0.39, 0.29) is 11.6 Å². The van der Waals surface area contributed by atoms with Crippen molar-refractivity contribution in [2.75, 3.05) is 0 Å². The third kappa shape index (κ3) is 4.21. The van der Waals surface area contributed by atoms with E-state index < -0.39 is 4.92 Å². The Morgan fingerprint density at radius 2 is 1.90 bits per heavy atom. The van der Waals surface area contributed by atoms with Crippen LogP contribution >= 0.6 is 22.9 Å². The molecule has 0 radical (unpaired) electrons. The minimum Gasteiger partial charge on any atom is -0.318 e. The number of rotatable bonds is 5. The number of benzene rings is 2. The molecule has 4 aromatic rings. The number of fused-ring (bicyclic) bond motifs is 1. The number of nitrogens with one attached hydrogen (secondary N) is 1. The number of non-ortho nitro benzene ring substituents is 1. The Labute approximate surface area is 186 Å². The molecule has 0 unspecified atom stereocenters. The monoisotopic (exact) mass is 452 g/mol. The van der Waals surface area contributed by atoms with Gasteiger partial charge in [0.2, 0.25) is 0 Å². The summed E-state index contributed by atoms with van der Waals surface area (Å²) in [7, 11) is 0. The molecule has 0 spiro atoms. The van der Waals surface area contributed by atoms with Gasteiger partial charge in [0.05, 0.1) is 16.0 Å². The normalized spacial score (nSPS) is 11.3. The first kappa shape index (κ1) is 20.8. The minimum atomic E-state index is -0.457. The van der Waals surface area contributed by atoms with Crippen molar-refractivity contribution in [2.45, 2.75) is 13.8 Å². The zero-order valence-electron chi connectivity index (χ0n) is 16.6. The third-order valence-electron chi connectivity index (χ3n) is 4.86. The maximum atomic E-state index is 12.5. The van der Waals surface area contributed by atoms with E-state index in [4.69, 9.17) is 11.6 Å². The molecule has 2 aromatic heterocycles. The first-order chi connectivity index (χ1) is 14.8. The molecule has 0 aliphatic carbocycles. The molecule has 156 valence electrons. The fourth-order valence-electron chi connectivity index (χ4n) is 3.38. The van der Waals surface area contributed by atoms with Crippen LogP contribution in [-0.2, 0) is 0 Å². The van der Waals surface area contributed by atoms with Crippen molar-refractivity contribution < 1.29 is 9.72 Å². The summed E-state index contributed by atoms with van der Waals surface area (Å²) < 4.78 is 2.88. The number of hydrogen-bond donors (Lipinski definition) is 1. The van der Waals surface area contributed by atoms with Crippen molar-refractivity contribution in [1.82, 2.24) is 9.99 Å². The molecule has 1 N–H and O–H groups in total. The predicted molar refractivity (Wildman–Crippen MR) is 124 cm³/mol. The van der Waals surface area contributed by atoms with Gasteiger partial charge in [-0.05, 0) is 56.3 Å². The molecule has 2 aromatic carbocycles. The predicted octanol–water partition coefficient (Wildman–Crippen LogP) is 5.63. The number of nitrogens with zero attached hydrogens (tertiary/aromatic N) is 3. The number of amides is 1. The lowest BCUT2D eigenvalue weighted by Gasteiger charge is -2.09. The number of nitro groups is 1. The van der Waals surface area contributed by atoms with Crippen LogP contribution in [0.1, 0.15) is 26.6 Å². The summed E-state index contributed by atoms with van der Waals surface area (Å²) in [6.07, 6.45) is 1.60. The lowest BCUT2D eigenvalue weighted by molar-refractivity contribution is -0.384. The highest BCUT2D eigenvalue weighted by molar-refractivity contribution is 7.20. The van der Waals surface area contributed by atoms with Gasteiger partial charge < -0.3 is 4.57 Å². The Morgan fingerprint density at radius 3 is 2.61 bits per heavy atom. The van der Waals surface area contributed by atoms with Gasteiger partial charge >= 0.3 is 0 Å². The summed E-state index contributed by atoms with van der Waals surface area (Å²) >= 11 is 7.24. The topological polar surface area (TPSA) is 89.5 Å². The Morgan fingerprint density at radius 1 is 1.16 bits per heavy atom. The highest BCUT2D eigenvalue weighted by Gasteiger charge is 2.13. The quantitative estimate of drug-likeness (QED) is 0.241. The average Bonchev–Trinajstić information content (AvgIpc) is 3.29. The van der Waals surface area contributed by atoms with Gasteiger partial charge in [-0.2, -0.15) is 5.10 Å². The van der Waals surface area contributed by atoms with Crippen LogP contribution in [0.3, 0.4) is 0 Å². The highest BCUT2D eigenvalue weighted by atomic mass is 35.5. The van der Waals surface area contributed by atoms with Crippen molar-refractivity contribution in [3.05, 3.63) is 91.6 Å². The zero-order chi connectivity index (χ0) is 22.1. The Kier molecular flexibility index (Phi) is 5.58. The molecule has 0 fully saturated rings. The molecule has 0 aliphatic heterocycles. The molecule has 7 nitrogen and oxygen atoms in total. The maximum Gasteiger partial charge on any atom is 0.281 e. The molecule has 2 heterocycles. The lowest BCUT2D eigenvalue weighted by Crippen LogP contribution is -2.16. The summed E-state index contributed by atoms with van der Waals surface area (Å²) in [5.41, 5.74) is 6.39. The van der Waals surface area contributed by atoms with E-state index in [9.17, 15) is 14.9 Å². The molecular formula is C22H17ClN4O3S. The molecule has 0 saturated carbocycles. The number of aromatic nitrogens is 1. The second-order valence-corrected chi connectivity index (χ2v) is 8.45.